The summed E-state index contributed by atoms with van der Waals surface area (Å²) in [5, 5.41) is 9.67. The molecule has 0 aliphatic heterocycles. The fourth-order valence-electron chi connectivity index (χ4n) is 2.58. The fourth-order valence-corrected chi connectivity index (χ4v) is 3.22. The predicted octanol–water partition coefficient (Wildman–Crippen LogP) is 2.58. The molecular weight excluding hydrogens is 455 g/mol. The van der Waals surface area contributed by atoms with Crippen LogP contribution in [0.4, 0.5) is 0 Å². The quantitative estimate of drug-likeness (QED) is 0.517. The molecule has 1 heterocycles. The van der Waals surface area contributed by atoms with Gasteiger partial charge in [0.1, 0.15) is 0 Å². The number of nitrogens with one attached hydrogen (secondary N) is 2. The minimum absolute atomic E-state index is 0.0587. The minimum atomic E-state index is -0.253. The van der Waals surface area contributed by atoms with E-state index in [-0.39, 0.29) is 18.4 Å². The molecule has 2 N–H and O–H groups in total. The summed E-state index contributed by atoms with van der Waals surface area (Å²) in [6.07, 6.45) is 3.65. The molecule has 0 bridgehead atoms. The number of benzene rings is 2. The topological polar surface area (TPSA) is 76.0 Å². The summed E-state index contributed by atoms with van der Waals surface area (Å²) in [6, 6.07) is 17.1. The Morgan fingerprint density at radius 2 is 1.81 bits per heavy atom. The lowest BCUT2D eigenvalue weighted by Crippen LogP contribution is -2.36. The molecule has 0 saturated carbocycles. The Balaban J connectivity index is 1.48. The van der Waals surface area contributed by atoms with Gasteiger partial charge in [-0.15, -0.1) is 0 Å². The molecule has 6 nitrogen and oxygen atoms in total. The van der Waals surface area contributed by atoms with Gasteiger partial charge in [-0.1, -0.05) is 36.4 Å². The van der Waals surface area contributed by atoms with Crippen LogP contribution in [0.25, 0.3) is 0 Å². The van der Waals surface area contributed by atoms with Crippen molar-refractivity contribution in [2.45, 2.75) is 13.1 Å². The first kappa shape index (κ1) is 19.1. The monoisotopic (exact) mass is 474 g/mol. The molecule has 3 rings (SSSR count). The number of hydrogen-bond donors (Lipinski definition) is 2. The van der Waals surface area contributed by atoms with E-state index in [0.29, 0.717) is 18.7 Å². The zero-order valence-electron chi connectivity index (χ0n) is 14.6. The normalized spacial score (nSPS) is 10.4. The van der Waals surface area contributed by atoms with E-state index in [1.165, 1.54) is 0 Å². The largest absolute Gasteiger partial charge is 0.350 e. The highest BCUT2D eigenvalue weighted by Crippen LogP contribution is 2.11. The first-order valence-electron chi connectivity index (χ1n) is 8.46. The molecule has 0 fully saturated rings. The summed E-state index contributed by atoms with van der Waals surface area (Å²) in [6.45, 7) is 1.03. The van der Waals surface area contributed by atoms with Gasteiger partial charge in [0.05, 0.1) is 18.7 Å². The van der Waals surface area contributed by atoms with Gasteiger partial charge in [0.15, 0.2) is 0 Å². The Hall–Kier alpha value is -2.68. The number of hydrogen-bond acceptors (Lipinski definition) is 3. The van der Waals surface area contributed by atoms with Crippen molar-refractivity contribution in [3.8, 4) is 0 Å². The van der Waals surface area contributed by atoms with E-state index in [1.807, 2.05) is 53.3 Å². The first-order valence-corrected chi connectivity index (χ1v) is 9.54. The van der Waals surface area contributed by atoms with Crippen LogP contribution < -0.4 is 10.6 Å². The second kappa shape index (κ2) is 9.31. The zero-order valence-corrected chi connectivity index (χ0v) is 16.7. The van der Waals surface area contributed by atoms with Crippen molar-refractivity contribution in [2.24, 2.45) is 0 Å². The van der Waals surface area contributed by atoms with Gasteiger partial charge in [-0.3, -0.25) is 14.3 Å². The van der Waals surface area contributed by atoms with E-state index in [0.717, 1.165) is 14.7 Å². The molecule has 2 amide bonds. The van der Waals surface area contributed by atoms with Crippen molar-refractivity contribution in [1.29, 1.82) is 0 Å². The van der Waals surface area contributed by atoms with Crippen LogP contribution in [0.2, 0.25) is 0 Å². The highest BCUT2D eigenvalue weighted by molar-refractivity contribution is 14.1. The molecule has 138 valence electrons. The molecule has 0 unspecified atom stereocenters. The number of carbonyl (C=O) groups excluding carboxylic acids is 2. The van der Waals surface area contributed by atoms with Crippen LogP contribution in [0.15, 0.2) is 67.0 Å². The van der Waals surface area contributed by atoms with Crippen molar-refractivity contribution in [3.63, 3.8) is 0 Å². The van der Waals surface area contributed by atoms with Gasteiger partial charge in [-0.25, -0.2) is 0 Å². The summed E-state index contributed by atoms with van der Waals surface area (Å²) in [5.41, 5.74) is 2.67. The Labute approximate surface area is 171 Å². The van der Waals surface area contributed by atoms with Crippen molar-refractivity contribution in [3.05, 3.63) is 87.3 Å². The van der Waals surface area contributed by atoms with Gasteiger partial charge >= 0.3 is 0 Å². The van der Waals surface area contributed by atoms with Crippen LogP contribution >= 0.6 is 22.6 Å². The van der Waals surface area contributed by atoms with Crippen LogP contribution in [-0.4, -0.2) is 28.1 Å². The molecule has 0 spiro atoms. The number of carbonyl (C=O) groups is 2. The molecule has 3 aromatic rings. The summed E-state index contributed by atoms with van der Waals surface area (Å²) >= 11 is 2.10. The van der Waals surface area contributed by atoms with Crippen LogP contribution in [-0.2, 0) is 17.9 Å². The van der Waals surface area contributed by atoms with Gasteiger partial charge < -0.3 is 10.6 Å². The van der Waals surface area contributed by atoms with Crippen molar-refractivity contribution in [1.82, 2.24) is 20.4 Å². The smallest absolute Gasteiger partial charge is 0.252 e. The third-order valence-corrected chi connectivity index (χ3v) is 4.85. The molecule has 2 aromatic carbocycles. The van der Waals surface area contributed by atoms with E-state index < -0.39 is 0 Å². The molecule has 0 saturated heterocycles. The maximum Gasteiger partial charge on any atom is 0.252 e. The molecule has 0 atom stereocenters. The van der Waals surface area contributed by atoms with Crippen LogP contribution in [0.5, 0.6) is 0 Å². The first-order chi connectivity index (χ1) is 13.1. The minimum Gasteiger partial charge on any atom is -0.350 e. The lowest BCUT2D eigenvalue weighted by molar-refractivity contribution is -0.120. The Morgan fingerprint density at radius 1 is 1.00 bits per heavy atom. The number of halogens is 1. The Kier molecular flexibility index (Phi) is 6.59. The van der Waals surface area contributed by atoms with Gasteiger partial charge in [-0.05, 0) is 51.9 Å². The Bertz CT molecular complexity index is 925. The summed E-state index contributed by atoms with van der Waals surface area (Å²) in [4.78, 5) is 24.2. The van der Waals surface area contributed by atoms with E-state index in [2.05, 4.69) is 38.3 Å². The van der Waals surface area contributed by atoms with E-state index in [1.54, 1.807) is 18.3 Å². The maximum atomic E-state index is 12.1. The third kappa shape index (κ3) is 5.65. The lowest BCUT2D eigenvalue weighted by atomic mass is 10.1. The second-order valence-electron chi connectivity index (χ2n) is 5.96. The van der Waals surface area contributed by atoms with Gasteiger partial charge in [0, 0.05) is 22.5 Å². The average Bonchev–Trinajstić information content (AvgIpc) is 3.18. The highest BCUT2D eigenvalue weighted by atomic mass is 127. The number of rotatable bonds is 7. The van der Waals surface area contributed by atoms with Crippen molar-refractivity contribution >= 4 is 34.4 Å². The summed E-state index contributed by atoms with van der Waals surface area (Å²) in [7, 11) is 0. The standard InChI is InChI=1S/C20H19IN4O2/c21-18-8-2-1-7-17(18)20(27)23-13-19(26)22-12-15-5-3-6-16(11-15)14-25-10-4-9-24-25/h1-11H,12-14H2,(H,22,26)(H,23,27). The predicted molar refractivity (Wildman–Crippen MR) is 111 cm³/mol. The van der Waals surface area contributed by atoms with Gasteiger partial charge in [-0.2, -0.15) is 5.10 Å². The zero-order chi connectivity index (χ0) is 19.1. The van der Waals surface area contributed by atoms with Gasteiger partial charge in [0.2, 0.25) is 5.91 Å². The van der Waals surface area contributed by atoms with E-state index in [9.17, 15) is 9.59 Å². The summed E-state index contributed by atoms with van der Waals surface area (Å²) < 4.78 is 2.69. The van der Waals surface area contributed by atoms with E-state index >= 15 is 0 Å². The summed E-state index contributed by atoms with van der Waals surface area (Å²) in [5.74, 6) is -0.483. The molecule has 1 aromatic heterocycles. The lowest BCUT2D eigenvalue weighted by Gasteiger charge is -2.09. The van der Waals surface area contributed by atoms with E-state index in [4.69, 9.17) is 0 Å². The van der Waals surface area contributed by atoms with Crippen LogP contribution in [0, 0.1) is 3.57 Å². The van der Waals surface area contributed by atoms with Crippen LogP contribution in [0.3, 0.4) is 0 Å². The second-order valence-corrected chi connectivity index (χ2v) is 7.13. The molecule has 0 aliphatic carbocycles. The number of nitrogens with zero attached hydrogens (tertiary/aromatic N) is 2. The molecule has 7 heteroatoms. The van der Waals surface area contributed by atoms with Crippen molar-refractivity contribution in [2.75, 3.05) is 6.54 Å². The SMILES string of the molecule is O=C(CNC(=O)c1ccccc1I)NCc1cccc(Cn2cccn2)c1. The fraction of sp³-hybridized carbons (Fsp3) is 0.150. The Morgan fingerprint density at radius 3 is 2.59 bits per heavy atom. The van der Waals surface area contributed by atoms with Crippen molar-refractivity contribution < 1.29 is 9.59 Å². The average molecular weight is 474 g/mol. The van der Waals surface area contributed by atoms with Gasteiger partial charge in [0.25, 0.3) is 5.91 Å². The van der Waals surface area contributed by atoms with Crippen LogP contribution in [0.1, 0.15) is 21.5 Å². The molecule has 27 heavy (non-hydrogen) atoms. The number of aromatic nitrogens is 2. The third-order valence-electron chi connectivity index (χ3n) is 3.91. The molecule has 0 radical (unpaired) electrons. The molecule has 0 aliphatic rings. The number of amides is 2. The maximum absolute atomic E-state index is 12.1. The molecular formula is C20H19IN4O2. The highest BCUT2D eigenvalue weighted by Gasteiger charge is 2.10.